The first-order chi connectivity index (χ1) is 13.3. The number of para-hydroxylation sites is 1. The van der Waals surface area contributed by atoms with Gasteiger partial charge in [-0.15, -0.1) is 0 Å². The Bertz CT molecular complexity index is 912. The van der Waals surface area contributed by atoms with Crippen LogP contribution in [0.1, 0.15) is 24.2 Å². The fourth-order valence-electron chi connectivity index (χ4n) is 4.61. The van der Waals surface area contributed by atoms with Crippen LogP contribution in [0.25, 0.3) is 10.9 Å². The van der Waals surface area contributed by atoms with Gasteiger partial charge in [-0.3, -0.25) is 14.6 Å². The molecule has 5 heteroatoms. The molecule has 2 aliphatic heterocycles. The van der Waals surface area contributed by atoms with Gasteiger partial charge in [0, 0.05) is 50.2 Å². The maximum absolute atomic E-state index is 4.90. The average Bonchev–Trinajstić information content (AvgIpc) is 3.31. The molecule has 3 aromatic rings. The van der Waals surface area contributed by atoms with Crippen LogP contribution in [0, 0.1) is 5.92 Å². The predicted octanol–water partition coefficient (Wildman–Crippen LogP) is 3.16. The molecular formula is C22H27N5. The van der Waals surface area contributed by atoms with Crippen molar-refractivity contribution in [3.05, 3.63) is 60.0 Å². The van der Waals surface area contributed by atoms with Gasteiger partial charge in [-0.2, -0.15) is 5.10 Å². The lowest BCUT2D eigenvalue weighted by atomic mass is 10.1. The molecule has 0 spiro atoms. The summed E-state index contributed by atoms with van der Waals surface area (Å²) >= 11 is 0. The molecule has 0 bridgehead atoms. The molecule has 0 unspecified atom stereocenters. The molecule has 2 aromatic heterocycles. The van der Waals surface area contributed by atoms with Gasteiger partial charge in [-0.25, -0.2) is 0 Å². The van der Waals surface area contributed by atoms with E-state index in [1.165, 1.54) is 43.6 Å². The van der Waals surface area contributed by atoms with Gasteiger partial charge in [0.15, 0.2) is 0 Å². The lowest BCUT2D eigenvalue weighted by Gasteiger charge is -2.27. The van der Waals surface area contributed by atoms with Crippen LogP contribution in [0.5, 0.6) is 0 Å². The third-order valence-electron chi connectivity index (χ3n) is 5.89. The summed E-state index contributed by atoms with van der Waals surface area (Å²) in [6.45, 7) is 7.68. The van der Waals surface area contributed by atoms with E-state index in [1.807, 2.05) is 6.20 Å². The third kappa shape index (κ3) is 3.75. The van der Waals surface area contributed by atoms with Crippen LogP contribution in [0.3, 0.4) is 0 Å². The predicted molar refractivity (Wildman–Crippen MR) is 107 cm³/mol. The van der Waals surface area contributed by atoms with E-state index in [1.54, 1.807) is 0 Å². The van der Waals surface area contributed by atoms with Crippen LogP contribution in [0.4, 0.5) is 0 Å². The summed E-state index contributed by atoms with van der Waals surface area (Å²) in [6.07, 6.45) is 4.65. The Labute approximate surface area is 160 Å². The minimum Gasteiger partial charge on any atom is -0.303 e. The van der Waals surface area contributed by atoms with Gasteiger partial charge in [0.2, 0.25) is 0 Å². The van der Waals surface area contributed by atoms with Gasteiger partial charge in [-0.1, -0.05) is 24.3 Å². The van der Waals surface area contributed by atoms with Gasteiger partial charge >= 0.3 is 0 Å². The second-order valence-corrected chi connectivity index (χ2v) is 8.04. The number of pyridine rings is 1. The van der Waals surface area contributed by atoms with Crippen molar-refractivity contribution < 1.29 is 0 Å². The molecule has 4 heterocycles. The lowest BCUT2D eigenvalue weighted by Crippen LogP contribution is -2.35. The Hall–Kier alpha value is -2.24. The summed E-state index contributed by atoms with van der Waals surface area (Å²) in [5, 5.41) is 5.79. The molecule has 1 aromatic carbocycles. The van der Waals surface area contributed by atoms with Crippen molar-refractivity contribution in [2.45, 2.75) is 32.5 Å². The van der Waals surface area contributed by atoms with Crippen LogP contribution in [0.2, 0.25) is 0 Å². The molecular weight excluding hydrogens is 334 g/mol. The number of hydrogen-bond acceptors (Lipinski definition) is 4. The molecule has 5 nitrogen and oxygen atoms in total. The minimum atomic E-state index is 0.615. The molecule has 2 aliphatic rings. The van der Waals surface area contributed by atoms with E-state index in [0.717, 1.165) is 37.4 Å². The summed E-state index contributed by atoms with van der Waals surface area (Å²) in [5.41, 5.74) is 3.56. The molecule has 0 saturated carbocycles. The monoisotopic (exact) mass is 361 g/mol. The van der Waals surface area contributed by atoms with Crippen LogP contribution in [-0.4, -0.2) is 50.7 Å². The summed E-state index contributed by atoms with van der Waals surface area (Å²) in [4.78, 5) is 10.1. The third-order valence-corrected chi connectivity index (χ3v) is 5.89. The van der Waals surface area contributed by atoms with E-state index in [9.17, 15) is 0 Å². The molecule has 140 valence electrons. The van der Waals surface area contributed by atoms with Crippen LogP contribution in [0.15, 0.2) is 48.7 Å². The first kappa shape index (κ1) is 16.9. The molecule has 1 saturated heterocycles. The van der Waals surface area contributed by atoms with Crippen LogP contribution < -0.4 is 0 Å². The van der Waals surface area contributed by atoms with Crippen LogP contribution in [-0.2, 0) is 19.6 Å². The van der Waals surface area contributed by atoms with E-state index >= 15 is 0 Å². The summed E-state index contributed by atoms with van der Waals surface area (Å²) < 4.78 is 2.22. The van der Waals surface area contributed by atoms with Gasteiger partial charge in [-0.05, 0) is 44.1 Å². The Balaban J connectivity index is 1.36. The van der Waals surface area contributed by atoms with Crippen molar-refractivity contribution in [3.8, 4) is 0 Å². The highest BCUT2D eigenvalue weighted by Crippen LogP contribution is 2.21. The number of hydrogen-bond donors (Lipinski definition) is 0. The van der Waals surface area contributed by atoms with Crippen molar-refractivity contribution in [1.29, 1.82) is 0 Å². The lowest BCUT2D eigenvalue weighted by molar-refractivity contribution is 0.181. The van der Waals surface area contributed by atoms with Crippen molar-refractivity contribution in [3.63, 3.8) is 0 Å². The number of fused-ring (bicyclic) bond motifs is 2. The highest BCUT2D eigenvalue weighted by atomic mass is 15.3. The number of likely N-dealkylation sites (tertiary alicyclic amines) is 1. The second kappa shape index (κ2) is 7.41. The van der Waals surface area contributed by atoms with Crippen LogP contribution >= 0.6 is 0 Å². The fourth-order valence-corrected chi connectivity index (χ4v) is 4.61. The standard InChI is InChI=1S/C22H27N5/c1-2-6-22-19(5-1)7-8-20(24-22)16-26-14-18(13-25-11-3-4-12-25)15-27-21(17-26)9-10-23-27/h1-2,5-10,18H,3-4,11-17H2/t18-/m1/s1. The van der Waals surface area contributed by atoms with E-state index < -0.39 is 0 Å². The van der Waals surface area contributed by atoms with Gasteiger partial charge in [0.05, 0.1) is 16.9 Å². The molecule has 1 fully saturated rings. The SMILES string of the molecule is c1ccc2nc(CN3Cc4ccnn4C[C@H](CN4CCCC4)C3)ccc2c1. The topological polar surface area (TPSA) is 37.2 Å². The Morgan fingerprint density at radius 3 is 2.74 bits per heavy atom. The smallest absolute Gasteiger partial charge is 0.0705 e. The molecule has 0 aliphatic carbocycles. The molecule has 0 radical (unpaired) electrons. The van der Waals surface area contributed by atoms with E-state index in [-0.39, 0.29) is 0 Å². The number of rotatable bonds is 4. The quantitative estimate of drug-likeness (QED) is 0.715. The van der Waals surface area contributed by atoms with Gasteiger partial charge < -0.3 is 4.90 Å². The van der Waals surface area contributed by atoms with Crippen molar-refractivity contribution in [2.75, 3.05) is 26.2 Å². The molecule has 0 amide bonds. The Morgan fingerprint density at radius 1 is 0.926 bits per heavy atom. The normalized spacial score (nSPS) is 21.4. The van der Waals surface area contributed by atoms with Crippen molar-refractivity contribution in [1.82, 2.24) is 24.6 Å². The zero-order valence-electron chi connectivity index (χ0n) is 15.8. The van der Waals surface area contributed by atoms with Crippen molar-refractivity contribution >= 4 is 10.9 Å². The maximum Gasteiger partial charge on any atom is 0.0705 e. The zero-order valence-corrected chi connectivity index (χ0v) is 15.8. The molecule has 1 atom stereocenters. The van der Waals surface area contributed by atoms with Gasteiger partial charge in [0.25, 0.3) is 0 Å². The maximum atomic E-state index is 4.90. The highest BCUT2D eigenvalue weighted by molar-refractivity contribution is 5.78. The number of benzene rings is 1. The number of aromatic nitrogens is 3. The molecule has 0 N–H and O–H groups in total. The fraction of sp³-hybridized carbons (Fsp3) is 0.455. The van der Waals surface area contributed by atoms with E-state index in [0.29, 0.717) is 5.92 Å². The van der Waals surface area contributed by atoms with Gasteiger partial charge in [0.1, 0.15) is 0 Å². The minimum absolute atomic E-state index is 0.615. The molecule has 27 heavy (non-hydrogen) atoms. The first-order valence-electron chi connectivity index (χ1n) is 10.1. The zero-order chi connectivity index (χ0) is 18.1. The Morgan fingerprint density at radius 2 is 1.81 bits per heavy atom. The first-order valence-corrected chi connectivity index (χ1v) is 10.1. The second-order valence-electron chi connectivity index (χ2n) is 8.04. The summed E-state index contributed by atoms with van der Waals surface area (Å²) in [5.74, 6) is 0.615. The Kier molecular flexibility index (Phi) is 4.64. The largest absolute Gasteiger partial charge is 0.303 e. The summed E-state index contributed by atoms with van der Waals surface area (Å²) in [6, 6.07) is 14.9. The van der Waals surface area contributed by atoms with E-state index in [4.69, 9.17) is 4.98 Å². The van der Waals surface area contributed by atoms with Crippen molar-refractivity contribution in [2.24, 2.45) is 5.92 Å². The number of nitrogens with zero attached hydrogens (tertiary/aromatic N) is 5. The van der Waals surface area contributed by atoms with E-state index in [2.05, 4.69) is 62.0 Å². The highest BCUT2D eigenvalue weighted by Gasteiger charge is 2.25. The summed E-state index contributed by atoms with van der Waals surface area (Å²) in [7, 11) is 0. The average molecular weight is 361 g/mol. The molecule has 5 rings (SSSR count).